The Balaban J connectivity index is 0.000000561. The van der Waals surface area contributed by atoms with E-state index in [4.69, 9.17) is 5.11 Å². The van der Waals surface area contributed by atoms with Gasteiger partial charge < -0.3 is 10.4 Å². The van der Waals surface area contributed by atoms with Crippen molar-refractivity contribution in [2.24, 2.45) is 0 Å². The van der Waals surface area contributed by atoms with Crippen LogP contribution in [0, 0.1) is 0 Å². The van der Waals surface area contributed by atoms with Gasteiger partial charge in [0.2, 0.25) is 0 Å². The molecule has 0 amide bonds. The van der Waals surface area contributed by atoms with Crippen LogP contribution in [0.25, 0.3) is 0 Å². The van der Waals surface area contributed by atoms with E-state index in [0.29, 0.717) is 6.54 Å². The number of benzene rings is 1. The van der Waals surface area contributed by atoms with Gasteiger partial charge in [0, 0.05) is 12.2 Å². The van der Waals surface area contributed by atoms with Gasteiger partial charge in [0.1, 0.15) is 0 Å². The van der Waals surface area contributed by atoms with Gasteiger partial charge in [0.25, 0.3) is 0 Å². The molecule has 1 aromatic rings. The first-order valence-electron chi connectivity index (χ1n) is 3.45. The molecule has 1 rings (SSSR count). The van der Waals surface area contributed by atoms with Crippen molar-refractivity contribution in [3.63, 3.8) is 0 Å². The third kappa shape index (κ3) is 5.59. The number of anilines is 1. The van der Waals surface area contributed by atoms with E-state index in [1.807, 2.05) is 30.3 Å². The number of hydrogen-bond donors (Lipinski definition) is 2. The zero-order valence-corrected chi connectivity index (χ0v) is 9.47. The van der Waals surface area contributed by atoms with Crippen molar-refractivity contribution < 1.29 is 23.9 Å². The first-order chi connectivity index (χ1) is 5.93. The molecule has 0 aromatic heterocycles. The third-order valence-electron chi connectivity index (χ3n) is 1.21. The van der Waals surface area contributed by atoms with E-state index < -0.39 is 0 Å². The van der Waals surface area contributed by atoms with Crippen molar-refractivity contribution in [3.05, 3.63) is 30.3 Å². The van der Waals surface area contributed by atoms with Gasteiger partial charge in [-0.15, -0.1) is 0 Å². The van der Waals surface area contributed by atoms with Gasteiger partial charge in [-0.25, -0.2) is 0 Å². The monoisotopic (exact) mass is 367 g/mol. The summed E-state index contributed by atoms with van der Waals surface area (Å²) in [5.41, 5.74) is 1.05. The Labute approximate surface area is 87.8 Å². The van der Waals surface area contributed by atoms with Crippen LogP contribution in [0.4, 0.5) is 5.69 Å². The predicted molar refractivity (Wildman–Crippen MR) is 47.9 cm³/mol. The van der Waals surface area contributed by atoms with Crippen LogP contribution in [0.2, 0.25) is 0 Å². The number of halogens is 1. The third-order valence-corrected chi connectivity index (χ3v) is 1.21. The second-order valence-corrected chi connectivity index (χ2v) is 2.02. The van der Waals surface area contributed by atoms with Crippen LogP contribution in [0.15, 0.2) is 30.3 Å². The SMILES string of the molecule is OCCNc1ccccc1.[Cl][Pt]. The molecule has 12 heavy (non-hydrogen) atoms. The second kappa shape index (κ2) is 9.05. The Morgan fingerprint density at radius 2 is 1.83 bits per heavy atom. The maximum absolute atomic E-state index is 8.47. The molecule has 2 nitrogen and oxygen atoms in total. The van der Waals surface area contributed by atoms with Gasteiger partial charge in [-0.05, 0) is 12.1 Å². The fourth-order valence-electron chi connectivity index (χ4n) is 0.756. The predicted octanol–water partition coefficient (Wildman–Crippen LogP) is 1.78. The molecule has 0 fully saturated rings. The molecule has 0 aliphatic carbocycles. The summed E-state index contributed by atoms with van der Waals surface area (Å²) in [6, 6.07) is 9.81. The van der Waals surface area contributed by atoms with Crippen LogP contribution in [0.5, 0.6) is 0 Å². The molecule has 0 spiro atoms. The van der Waals surface area contributed by atoms with E-state index in [2.05, 4.69) is 14.7 Å². The summed E-state index contributed by atoms with van der Waals surface area (Å²) >= 11 is 1.61. The fourth-order valence-corrected chi connectivity index (χ4v) is 0.756. The average Bonchev–Trinajstić information content (AvgIpc) is 2.19. The van der Waals surface area contributed by atoms with Gasteiger partial charge >= 0.3 is 28.2 Å². The minimum absolute atomic E-state index is 0.175. The molecule has 0 aliphatic rings. The van der Waals surface area contributed by atoms with Crippen LogP contribution < -0.4 is 5.32 Å². The van der Waals surface area contributed by atoms with Crippen molar-refractivity contribution in [1.29, 1.82) is 0 Å². The summed E-state index contributed by atoms with van der Waals surface area (Å²) in [6.45, 7) is 0.791. The standard InChI is InChI=1S/C8H11NO.ClH.Pt/c10-7-6-9-8-4-2-1-3-5-8;;/h1-5,9-10H,6-7H2;1H;/q;;+1/p-1. The Morgan fingerprint density at radius 3 is 2.33 bits per heavy atom. The van der Waals surface area contributed by atoms with Gasteiger partial charge in [-0.2, -0.15) is 0 Å². The number of hydrogen-bond acceptors (Lipinski definition) is 2. The molecule has 1 aromatic carbocycles. The normalized spacial score (nSPS) is 8.33. The molecule has 71 valence electrons. The molecular weight excluding hydrogens is 357 g/mol. The first-order valence-corrected chi connectivity index (χ1v) is 6.27. The van der Waals surface area contributed by atoms with E-state index in [-0.39, 0.29) is 6.61 Å². The van der Waals surface area contributed by atoms with E-state index in [9.17, 15) is 0 Å². The molecule has 0 atom stereocenters. The summed E-state index contributed by atoms with van der Waals surface area (Å²) in [4.78, 5) is 0. The minimum atomic E-state index is 0.175. The fraction of sp³-hybridized carbons (Fsp3) is 0.250. The number of rotatable bonds is 3. The summed E-state index contributed by atoms with van der Waals surface area (Å²) in [5, 5.41) is 11.5. The molecule has 0 radical (unpaired) electrons. The van der Waals surface area contributed by atoms with Crippen LogP contribution in [-0.4, -0.2) is 18.3 Å². The maximum atomic E-state index is 8.47. The Hall–Kier alpha value is -0.0417. The van der Waals surface area contributed by atoms with Crippen LogP contribution in [0.3, 0.4) is 0 Å². The second-order valence-electron chi connectivity index (χ2n) is 2.02. The van der Waals surface area contributed by atoms with Crippen molar-refractivity contribution in [3.8, 4) is 0 Å². The Morgan fingerprint density at radius 1 is 1.25 bits per heavy atom. The molecule has 4 heteroatoms. The number of aliphatic hydroxyl groups excluding tert-OH is 1. The van der Waals surface area contributed by atoms with E-state index in [1.165, 1.54) is 0 Å². The van der Waals surface area contributed by atoms with E-state index in [1.54, 1.807) is 18.8 Å². The number of aliphatic hydroxyl groups is 1. The van der Waals surface area contributed by atoms with Crippen molar-refractivity contribution in [2.75, 3.05) is 18.5 Å². The average molecular weight is 368 g/mol. The molecule has 0 saturated carbocycles. The molecule has 0 unspecified atom stereocenters. The van der Waals surface area contributed by atoms with Crippen molar-refractivity contribution >= 4 is 15.1 Å². The van der Waals surface area contributed by atoms with Crippen molar-refractivity contribution in [1.82, 2.24) is 0 Å². The van der Waals surface area contributed by atoms with Crippen molar-refractivity contribution in [2.45, 2.75) is 0 Å². The molecule has 0 bridgehead atoms. The number of para-hydroxylation sites is 1. The summed E-state index contributed by atoms with van der Waals surface area (Å²) < 4.78 is 0. The summed E-state index contributed by atoms with van der Waals surface area (Å²) in [6.07, 6.45) is 0. The first kappa shape index (κ1) is 12.0. The molecule has 0 heterocycles. The molecule has 2 N–H and O–H groups in total. The summed E-state index contributed by atoms with van der Waals surface area (Å²) in [5.74, 6) is 0. The molecule has 0 aliphatic heterocycles. The Bertz CT molecular complexity index is 184. The van der Waals surface area contributed by atoms with E-state index in [0.717, 1.165) is 5.69 Å². The van der Waals surface area contributed by atoms with Gasteiger partial charge in [0.05, 0.1) is 6.61 Å². The van der Waals surface area contributed by atoms with Crippen LogP contribution >= 0.6 is 9.42 Å². The Kier molecular flexibility index (Phi) is 9.02. The number of nitrogens with one attached hydrogen (secondary N) is 1. The van der Waals surface area contributed by atoms with Gasteiger partial charge in [-0.3, -0.25) is 0 Å². The molecule has 0 saturated heterocycles. The summed E-state index contributed by atoms with van der Waals surface area (Å²) in [7, 11) is 4.61. The van der Waals surface area contributed by atoms with Crippen LogP contribution in [-0.2, 0) is 18.8 Å². The van der Waals surface area contributed by atoms with Gasteiger partial charge in [0.15, 0.2) is 0 Å². The quantitative estimate of drug-likeness (QED) is 0.853. The van der Waals surface area contributed by atoms with E-state index >= 15 is 0 Å². The zero-order chi connectivity index (χ0) is 9.23. The zero-order valence-electron chi connectivity index (χ0n) is 6.44. The van der Waals surface area contributed by atoms with Gasteiger partial charge in [-0.1, -0.05) is 18.2 Å². The topological polar surface area (TPSA) is 32.3 Å². The van der Waals surface area contributed by atoms with Crippen LogP contribution in [0.1, 0.15) is 0 Å². The molecular formula is C8H11ClNOPt.